The summed E-state index contributed by atoms with van der Waals surface area (Å²) in [6, 6.07) is 8.78. The molecule has 4 rings (SSSR count). The van der Waals surface area contributed by atoms with E-state index >= 15 is 0 Å². The fourth-order valence-electron chi connectivity index (χ4n) is 3.89. The van der Waals surface area contributed by atoms with Crippen LogP contribution in [-0.4, -0.2) is 51.7 Å². The summed E-state index contributed by atoms with van der Waals surface area (Å²) in [5.41, 5.74) is 1.66. The van der Waals surface area contributed by atoms with Crippen molar-refractivity contribution in [2.75, 3.05) is 19.6 Å². The molecule has 7 nitrogen and oxygen atoms in total. The summed E-state index contributed by atoms with van der Waals surface area (Å²) < 4.78 is 5.46. The van der Waals surface area contributed by atoms with Gasteiger partial charge in [0.2, 0.25) is 0 Å². The summed E-state index contributed by atoms with van der Waals surface area (Å²) in [5.74, 6) is 0.444. The van der Waals surface area contributed by atoms with Gasteiger partial charge in [-0.1, -0.05) is 35.5 Å². The Morgan fingerprint density at radius 1 is 1.08 bits per heavy atom. The first kappa shape index (κ1) is 16.6. The van der Waals surface area contributed by atoms with Gasteiger partial charge < -0.3 is 14.5 Å². The standard InChI is InChI=1S/C19H21N3O4/c23-18(21-10-5-2-6-11-21)16-15-14(26-20-16)9-12-22(19(24)25)17(15)13-7-3-1-4-8-13/h1,3-4,7-8,17H,2,5-6,9-12H2,(H,24,25). The number of amides is 2. The first-order chi connectivity index (χ1) is 12.7. The Morgan fingerprint density at radius 3 is 2.50 bits per heavy atom. The number of aromatic nitrogens is 1. The van der Waals surface area contributed by atoms with E-state index in [0.29, 0.717) is 37.4 Å². The minimum Gasteiger partial charge on any atom is -0.465 e. The average Bonchev–Trinajstić information content (AvgIpc) is 3.12. The van der Waals surface area contributed by atoms with Crippen molar-refractivity contribution in [3.8, 4) is 0 Å². The third-order valence-corrected chi connectivity index (χ3v) is 5.17. The molecule has 1 atom stereocenters. The van der Waals surface area contributed by atoms with Gasteiger partial charge in [0.05, 0.1) is 11.6 Å². The Kier molecular flexibility index (Phi) is 4.36. The van der Waals surface area contributed by atoms with E-state index in [-0.39, 0.29) is 11.6 Å². The number of carbonyl (C=O) groups is 2. The number of fused-ring (bicyclic) bond motifs is 1. The van der Waals surface area contributed by atoms with Crippen LogP contribution in [0.2, 0.25) is 0 Å². The van der Waals surface area contributed by atoms with E-state index < -0.39 is 12.1 Å². The van der Waals surface area contributed by atoms with Crippen LogP contribution >= 0.6 is 0 Å². The van der Waals surface area contributed by atoms with E-state index in [9.17, 15) is 14.7 Å². The van der Waals surface area contributed by atoms with Crippen LogP contribution in [0.25, 0.3) is 0 Å². The van der Waals surface area contributed by atoms with Gasteiger partial charge in [0.25, 0.3) is 5.91 Å². The largest absolute Gasteiger partial charge is 0.465 e. The highest BCUT2D eigenvalue weighted by molar-refractivity contribution is 5.94. The predicted octanol–water partition coefficient (Wildman–Crippen LogP) is 2.93. The van der Waals surface area contributed by atoms with E-state index in [1.165, 1.54) is 4.90 Å². The van der Waals surface area contributed by atoms with E-state index in [2.05, 4.69) is 5.16 Å². The minimum atomic E-state index is -1.01. The molecule has 0 bridgehead atoms. The van der Waals surface area contributed by atoms with Crippen LogP contribution in [0.4, 0.5) is 4.79 Å². The van der Waals surface area contributed by atoms with E-state index in [1.807, 2.05) is 30.3 Å². The number of hydrogen-bond donors (Lipinski definition) is 1. The number of benzene rings is 1. The number of carbonyl (C=O) groups excluding carboxylic acids is 1. The summed E-state index contributed by atoms with van der Waals surface area (Å²) in [4.78, 5) is 28.0. The van der Waals surface area contributed by atoms with Gasteiger partial charge in [-0.3, -0.25) is 9.69 Å². The molecule has 2 amide bonds. The maximum Gasteiger partial charge on any atom is 0.408 e. The van der Waals surface area contributed by atoms with Crippen LogP contribution in [0.15, 0.2) is 34.9 Å². The molecule has 0 aliphatic carbocycles. The number of piperidine rings is 1. The second-order valence-corrected chi connectivity index (χ2v) is 6.76. The van der Waals surface area contributed by atoms with Gasteiger partial charge >= 0.3 is 6.09 Å². The van der Waals surface area contributed by atoms with Crippen molar-refractivity contribution < 1.29 is 19.2 Å². The molecule has 7 heteroatoms. The van der Waals surface area contributed by atoms with Crippen LogP contribution in [-0.2, 0) is 6.42 Å². The summed E-state index contributed by atoms with van der Waals surface area (Å²) in [6.07, 6.45) is 2.50. The molecule has 136 valence electrons. The minimum absolute atomic E-state index is 0.164. The van der Waals surface area contributed by atoms with Gasteiger partial charge in [-0.25, -0.2) is 4.79 Å². The van der Waals surface area contributed by atoms with Crippen LogP contribution in [0.3, 0.4) is 0 Å². The molecule has 3 heterocycles. The van der Waals surface area contributed by atoms with E-state index in [4.69, 9.17) is 4.52 Å². The zero-order valence-electron chi connectivity index (χ0n) is 14.4. The van der Waals surface area contributed by atoms with Gasteiger partial charge in [-0.2, -0.15) is 0 Å². The summed E-state index contributed by atoms with van der Waals surface area (Å²) in [6.45, 7) is 1.73. The molecule has 1 aromatic carbocycles. The van der Waals surface area contributed by atoms with Gasteiger partial charge in [0.1, 0.15) is 5.76 Å². The lowest BCUT2D eigenvalue weighted by Crippen LogP contribution is -2.41. The molecule has 0 spiro atoms. The fourth-order valence-corrected chi connectivity index (χ4v) is 3.89. The van der Waals surface area contributed by atoms with Crippen molar-refractivity contribution in [1.82, 2.24) is 15.0 Å². The highest BCUT2D eigenvalue weighted by Gasteiger charge is 2.39. The second kappa shape index (κ2) is 6.82. The van der Waals surface area contributed by atoms with Gasteiger partial charge in [0, 0.05) is 26.1 Å². The number of hydrogen-bond acceptors (Lipinski definition) is 4. The Bertz CT molecular complexity index is 811. The van der Waals surface area contributed by atoms with Crippen LogP contribution < -0.4 is 0 Å². The number of nitrogens with zero attached hydrogens (tertiary/aromatic N) is 3. The molecule has 2 aliphatic heterocycles. The molecular weight excluding hydrogens is 334 g/mol. The van der Waals surface area contributed by atoms with Crippen molar-refractivity contribution in [3.63, 3.8) is 0 Å². The molecule has 2 aliphatic rings. The second-order valence-electron chi connectivity index (χ2n) is 6.76. The molecule has 1 N–H and O–H groups in total. The van der Waals surface area contributed by atoms with Gasteiger partial charge in [-0.05, 0) is 24.8 Å². The zero-order chi connectivity index (χ0) is 18.1. The van der Waals surface area contributed by atoms with Crippen LogP contribution in [0, 0.1) is 0 Å². The zero-order valence-corrected chi connectivity index (χ0v) is 14.4. The Balaban J connectivity index is 1.78. The Morgan fingerprint density at radius 2 is 1.81 bits per heavy atom. The molecule has 1 aromatic heterocycles. The monoisotopic (exact) mass is 355 g/mol. The molecule has 1 saturated heterocycles. The van der Waals surface area contributed by atoms with E-state index in [0.717, 1.165) is 24.8 Å². The molecule has 0 radical (unpaired) electrons. The molecule has 2 aromatic rings. The van der Waals surface area contributed by atoms with Crippen molar-refractivity contribution >= 4 is 12.0 Å². The Labute approximate surface area is 151 Å². The quantitative estimate of drug-likeness (QED) is 0.895. The summed E-state index contributed by atoms with van der Waals surface area (Å²) in [7, 11) is 0. The first-order valence-electron chi connectivity index (χ1n) is 8.99. The normalized spacial score (nSPS) is 19.9. The molecule has 26 heavy (non-hydrogen) atoms. The highest BCUT2D eigenvalue weighted by Crippen LogP contribution is 2.38. The third kappa shape index (κ3) is 2.83. The SMILES string of the molecule is O=C(c1noc2c1C(c1ccccc1)N(C(=O)O)CC2)N1CCCCC1. The van der Waals surface area contributed by atoms with Crippen LogP contribution in [0.5, 0.6) is 0 Å². The van der Waals surface area contributed by atoms with Gasteiger partial charge in [-0.15, -0.1) is 0 Å². The maximum atomic E-state index is 13.0. The van der Waals surface area contributed by atoms with Crippen molar-refractivity contribution in [2.24, 2.45) is 0 Å². The molecule has 1 fully saturated rings. The molecule has 0 saturated carbocycles. The lowest BCUT2D eigenvalue weighted by molar-refractivity contribution is 0.0710. The molecular formula is C19H21N3O4. The highest BCUT2D eigenvalue weighted by atomic mass is 16.5. The lowest BCUT2D eigenvalue weighted by Gasteiger charge is -2.34. The van der Waals surface area contributed by atoms with Crippen molar-refractivity contribution in [1.29, 1.82) is 0 Å². The first-order valence-corrected chi connectivity index (χ1v) is 8.99. The fraction of sp³-hybridized carbons (Fsp3) is 0.421. The topological polar surface area (TPSA) is 86.9 Å². The number of rotatable bonds is 2. The summed E-state index contributed by atoms with van der Waals surface area (Å²) in [5, 5.41) is 13.7. The third-order valence-electron chi connectivity index (χ3n) is 5.17. The van der Waals surface area contributed by atoms with Crippen LogP contribution in [0.1, 0.15) is 52.7 Å². The van der Waals surface area contributed by atoms with E-state index in [1.54, 1.807) is 4.90 Å². The predicted molar refractivity (Wildman–Crippen MR) is 93.0 cm³/mol. The smallest absolute Gasteiger partial charge is 0.408 e. The van der Waals surface area contributed by atoms with Gasteiger partial charge in [0.15, 0.2) is 5.69 Å². The van der Waals surface area contributed by atoms with Crippen molar-refractivity contribution in [3.05, 3.63) is 52.9 Å². The summed E-state index contributed by atoms with van der Waals surface area (Å²) >= 11 is 0. The number of likely N-dealkylation sites (tertiary alicyclic amines) is 1. The molecule has 1 unspecified atom stereocenters. The van der Waals surface area contributed by atoms with Crippen molar-refractivity contribution in [2.45, 2.75) is 31.7 Å². The lowest BCUT2D eigenvalue weighted by atomic mass is 9.91. The average molecular weight is 355 g/mol. The number of carboxylic acid groups (broad SMARTS) is 1. The Hall–Kier alpha value is -2.83. The maximum absolute atomic E-state index is 13.0.